The second kappa shape index (κ2) is 8.74. The van der Waals surface area contributed by atoms with Gasteiger partial charge in [-0.3, -0.25) is 14.2 Å². The van der Waals surface area contributed by atoms with Crippen molar-refractivity contribution in [2.75, 3.05) is 14.8 Å². The molecule has 0 fully saturated rings. The minimum Gasteiger partial charge on any atom is -0.326 e. The second-order valence-corrected chi connectivity index (χ2v) is 9.81. The molecular formula is C20H18FN3O5S2. The van der Waals surface area contributed by atoms with Crippen LogP contribution in [0.2, 0.25) is 0 Å². The summed E-state index contributed by atoms with van der Waals surface area (Å²) in [6, 6.07) is 15.5. The average molecular weight is 464 g/mol. The molecule has 11 heteroatoms. The Bertz CT molecular complexity index is 1290. The summed E-state index contributed by atoms with van der Waals surface area (Å²) in [4.78, 5) is 10.9. The van der Waals surface area contributed by atoms with E-state index in [4.69, 9.17) is 0 Å². The van der Waals surface area contributed by atoms with Gasteiger partial charge >= 0.3 is 0 Å². The van der Waals surface area contributed by atoms with E-state index in [0.29, 0.717) is 5.69 Å². The van der Waals surface area contributed by atoms with Crippen LogP contribution in [0.1, 0.15) is 6.92 Å². The molecule has 8 nitrogen and oxygen atoms in total. The van der Waals surface area contributed by atoms with Crippen molar-refractivity contribution < 1.29 is 26.0 Å². The van der Waals surface area contributed by atoms with Crippen LogP contribution in [0.4, 0.5) is 21.5 Å². The Morgan fingerprint density at radius 1 is 0.645 bits per heavy atom. The normalized spacial score (nSPS) is 11.5. The van der Waals surface area contributed by atoms with Crippen molar-refractivity contribution in [2.24, 2.45) is 0 Å². The number of benzene rings is 3. The van der Waals surface area contributed by atoms with Crippen LogP contribution in [0.5, 0.6) is 0 Å². The SMILES string of the molecule is CC(=O)Nc1ccc(S(=O)(=O)Nc2ccc(S(=O)(=O)Nc3ccc(F)cc3)cc2)cc1. The molecule has 3 N–H and O–H groups in total. The summed E-state index contributed by atoms with van der Waals surface area (Å²) in [7, 11) is -7.86. The maximum atomic E-state index is 13.0. The van der Waals surface area contributed by atoms with Crippen molar-refractivity contribution >= 4 is 43.0 Å². The summed E-state index contributed by atoms with van der Waals surface area (Å²) in [5.74, 6) is -0.776. The zero-order valence-corrected chi connectivity index (χ0v) is 17.8. The highest BCUT2D eigenvalue weighted by Crippen LogP contribution is 2.21. The molecule has 162 valence electrons. The third kappa shape index (κ3) is 5.80. The van der Waals surface area contributed by atoms with E-state index in [-0.39, 0.29) is 27.1 Å². The van der Waals surface area contributed by atoms with Crippen molar-refractivity contribution in [3.63, 3.8) is 0 Å². The van der Waals surface area contributed by atoms with Crippen LogP contribution in [0.15, 0.2) is 82.6 Å². The Kier molecular flexibility index (Phi) is 6.27. The number of sulfonamides is 2. The molecule has 3 aromatic carbocycles. The van der Waals surface area contributed by atoms with E-state index in [1.54, 1.807) is 0 Å². The molecule has 0 aliphatic heterocycles. The number of halogens is 1. The standard InChI is InChI=1S/C20H18FN3O5S2/c1-14(25)22-16-6-10-19(11-7-16)30(26,27)24-18-8-12-20(13-9-18)31(28,29)23-17-4-2-15(21)3-5-17/h2-13,23-24H,1H3,(H,22,25). The molecule has 0 saturated heterocycles. The molecule has 0 aliphatic carbocycles. The smallest absolute Gasteiger partial charge is 0.261 e. The van der Waals surface area contributed by atoms with E-state index >= 15 is 0 Å². The van der Waals surface area contributed by atoms with Crippen LogP contribution in [0.25, 0.3) is 0 Å². The number of carbonyl (C=O) groups excluding carboxylic acids is 1. The predicted molar refractivity (Wildman–Crippen MR) is 115 cm³/mol. The summed E-state index contributed by atoms with van der Waals surface area (Å²) >= 11 is 0. The van der Waals surface area contributed by atoms with Gasteiger partial charge in [-0.15, -0.1) is 0 Å². The number of hydrogen-bond donors (Lipinski definition) is 3. The predicted octanol–water partition coefficient (Wildman–Crippen LogP) is 3.39. The quantitative estimate of drug-likeness (QED) is 0.496. The molecule has 0 saturated carbocycles. The van der Waals surface area contributed by atoms with Gasteiger partial charge in [-0.05, 0) is 72.8 Å². The Morgan fingerprint density at radius 3 is 1.39 bits per heavy atom. The van der Waals surface area contributed by atoms with Crippen LogP contribution in [-0.2, 0) is 24.8 Å². The first kappa shape index (κ1) is 22.2. The first-order valence-corrected chi connectivity index (χ1v) is 11.8. The zero-order valence-electron chi connectivity index (χ0n) is 16.2. The molecule has 3 aromatic rings. The molecular weight excluding hydrogens is 445 g/mol. The molecule has 1 amide bonds. The summed E-state index contributed by atoms with van der Waals surface area (Å²) < 4.78 is 67.6. The van der Waals surface area contributed by atoms with E-state index in [2.05, 4.69) is 14.8 Å². The van der Waals surface area contributed by atoms with Crippen LogP contribution < -0.4 is 14.8 Å². The third-order valence-corrected chi connectivity index (χ3v) is 6.79. The minimum absolute atomic E-state index is 0.0312. The van der Waals surface area contributed by atoms with Crippen LogP contribution in [0.3, 0.4) is 0 Å². The Labute approximate surface area is 179 Å². The zero-order chi connectivity index (χ0) is 22.6. The lowest BCUT2D eigenvalue weighted by Crippen LogP contribution is -2.15. The topological polar surface area (TPSA) is 121 Å². The summed E-state index contributed by atoms with van der Waals surface area (Å²) in [6.45, 7) is 1.34. The fraction of sp³-hybridized carbons (Fsp3) is 0.0500. The van der Waals surface area contributed by atoms with Gasteiger partial charge in [0.1, 0.15) is 5.82 Å². The molecule has 31 heavy (non-hydrogen) atoms. The highest BCUT2D eigenvalue weighted by molar-refractivity contribution is 7.93. The summed E-state index contributed by atoms with van der Waals surface area (Å²) in [6.07, 6.45) is 0. The maximum absolute atomic E-state index is 13.0. The number of anilines is 3. The van der Waals surface area contributed by atoms with E-state index in [1.807, 2.05) is 0 Å². The lowest BCUT2D eigenvalue weighted by Gasteiger charge is -2.11. The minimum atomic E-state index is -3.94. The van der Waals surface area contributed by atoms with Crippen LogP contribution in [0, 0.1) is 5.82 Å². The number of amides is 1. The van der Waals surface area contributed by atoms with Crippen molar-refractivity contribution in [3.8, 4) is 0 Å². The number of carbonyl (C=O) groups is 1. The van der Waals surface area contributed by atoms with E-state index < -0.39 is 25.9 Å². The Hall–Kier alpha value is -3.44. The molecule has 0 radical (unpaired) electrons. The highest BCUT2D eigenvalue weighted by Gasteiger charge is 2.17. The fourth-order valence-corrected chi connectivity index (χ4v) is 4.69. The molecule has 0 aliphatic rings. The third-order valence-electron chi connectivity index (χ3n) is 4.00. The van der Waals surface area contributed by atoms with Gasteiger partial charge < -0.3 is 5.32 Å². The first-order valence-electron chi connectivity index (χ1n) is 8.84. The molecule has 0 aromatic heterocycles. The summed E-state index contributed by atoms with van der Waals surface area (Å²) in [5, 5.41) is 2.54. The molecule has 0 unspecified atom stereocenters. The van der Waals surface area contributed by atoms with Gasteiger partial charge in [-0.25, -0.2) is 21.2 Å². The molecule has 0 spiro atoms. The second-order valence-electron chi connectivity index (χ2n) is 6.45. The van der Waals surface area contributed by atoms with Crippen molar-refractivity contribution in [1.82, 2.24) is 0 Å². The fourth-order valence-electron chi connectivity index (χ4n) is 2.57. The molecule has 3 rings (SSSR count). The number of hydrogen-bond acceptors (Lipinski definition) is 5. The van der Waals surface area contributed by atoms with Gasteiger partial charge in [-0.2, -0.15) is 0 Å². The lowest BCUT2D eigenvalue weighted by molar-refractivity contribution is -0.114. The maximum Gasteiger partial charge on any atom is 0.261 e. The van der Waals surface area contributed by atoms with Crippen LogP contribution >= 0.6 is 0 Å². The first-order chi connectivity index (χ1) is 14.5. The average Bonchev–Trinajstić information content (AvgIpc) is 2.70. The summed E-state index contributed by atoms with van der Waals surface area (Å²) in [5.41, 5.74) is 0.801. The van der Waals surface area contributed by atoms with Crippen molar-refractivity contribution in [3.05, 3.63) is 78.6 Å². The monoisotopic (exact) mass is 463 g/mol. The number of rotatable bonds is 7. The number of nitrogens with one attached hydrogen (secondary N) is 3. The van der Waals surface area contributed by atoms with Gasteiger partial charge in [-0.1, -0.05) is 0 Å². The van der Waals surface area contributed by atoms with Crippen LogP contribution in [-0.4, -0.2) is 22.7 Å². The van der Waals surface area contributed by atoms with Crippen molar-refractivity contribution in [1.29, 1.82) is 0 Å². The van der Waals surface area contributed by atoms with Gasteiger partial charge in [0.15, 0.2) is 0 Å². The van der Waals surface area contributed by atoms with E-state index in [0.717, 1.165) is 12.1 Å². The van der Waals surface area contributed by atoms with Gasteiger partial charge in [0, 0.05) is 24.0 Å². The van der Waals surface area contributed by atoms with Crippen molar-refractivity contribution in [2.45, 2.75) is 16.7 Å². The van der Waals surface area contributed by atoms with Gasteiger partial charge in [0.2, 0.25) is 5.91 Å². The van der Waals surface area contributed by atoms with Gasteiger partial charge in [0.25, 0.3) is 20.0 Å². The molecule has 0 bridgehead atoms. The highest BCUT2D eigenvalue weighted by atomic mass is 32.2. The molecule has 0 heterocycles. The largest absolute Gasteiger partial charge is 0.326 e. The molecule has 0 atom stereocenters. The van der Waals surface area contributed by atoms with E-state index in [1.165, 1.54) is 67.6 Å². The van der Waals surface area contributed by atoms with E-state index in [9.17, 15) is 26.0 Å². The lowest BCUT2D eigenvalue weighted by atomic mass is 10.3. The Balaban J connectivity index is 1.73. The van der Waals surface area contributed by atoms with Gasteiger partial charge in [0.05, 0.1) is 9.79 Å². The Morgan fingerprint density at radius 2 is 1.00 bits per heavy atom.